The van der Waals surface area contributed by atoms with E-state index in [1.165, 1.54) is 12.1 Å². The lowest BCUT2D eigenvalue weighted by molar-refractivity contribution is -0.384. The van der Waals surface area contributed by atoms with Crippen molar-refractivity contribution in [1.29, 1.82) is 5.26 Å². The number of hydrogen-bond donors (Lipinski definition) is 0. The molecule has 122 valence electrons. The van der Waals surface area contributed by atoms with Crippen LogP contribution in [0.3, 0.4) is 0 Å². The van der Waals surface area contributed by atoms with Crippen molar-refractivity contribution in [3.05, 3.63) is 51.1 Å². The Kier molecular flexibility index (Phi) is 5.71. The third kappa shape index (κ3) is 5.27. The van der Waals surface area contributed by atoms with Crippen molar-refractivity contribution in [1.82, 2.24) is 0 Å². The standard InChI is InChI=1S/C15H15ClN2O5/c1-9(8-17)13(22-14(19)23-15(2,3)4)10-5-6-11(16)12(7-10)18(20)21/h5-7,13H,1H2,2-4H3. The SMILES string of the molecule is C=C(C#N)C(OC(=O)OC(C)(C)C)c1ccc(Cl)c([N+](=O)[O-])c1. The van der Waals surface area contributed by atoms with Crippen LogP contribution in [-0.2, 0) is 9.47 Å². The van der Waals surface area contributed by atoms with Gasteiger partial charge in [0.2, 0.25) is 0 Å². The molecule has 0 aliphatic heterocycles. The maximum atomic E-state index is 11.8. The molecule has 0 aliphatic carbocycles. The lowest BCUT2D eigenvalue weighted by atomic mass is 10.0. The molecule has 0 bridgehead atoms. The fourth-order valence-corrected chi connectivity index (χ4v) is 1.79. The minimum absolute atomic E-state index is 0.0719. The van der Waals surface area contributed by atoms with E-state index in [0.717, 1.165) is 6.07 Å². The molecule has 1 atom stereocenters. The highest BCUT2D eigenvalue weighted by Gasteiger charge is 2.26. The number of nitrogens with zero attached hydrogens (tertiary/aromatic N) is 2. The van der Waals surface area contributed by atoms with Gasteiger partial charge >= 0.3 is 6.16 Å². The molecular formula is C15H15ClN2O5. The van der Waals surface area contributed by atoms with Gasteiger partial charge in [0.15, 0.2) is 6.10 Å². The van der Waals surface area contributed by atoms with Gasteiger partial charge in [-0.3, -0.25) is 10.1 Å². The van der Waals surface area contributed by atoms with Gasteiger partial charge in [-0.05, 0) is 26.8 Å². The van der Waals surface area contributed by atoms with Crippen molar-refractivity contribution in [3.63, 3.8) is 0 Å². The van der Waals surface area contributed by atoms with Crippen molar-refractivity contribution in [2.24, 2.45) is 0 Å². The van der Waals surface area contributed by atoms with E-state index in [-0.39, 0.29) is 21.8 Å². The maximum absolute atomic E-state index is 11.8. The van der Waals surface area contributed by atoms with Crippen LogP contribution in [0.25, 0.3) is 0 Å². The van der Waals surface area contributed by atoms with Crippen LogP contribution in [0.15, 0.2) is 30.4 Å². The molecule has 0 aliphatic rings. The van der Waals surface area contributed by atoms with Crippen LogP contribution in [0.4, 0.5) is 10.5 Å². The minimum atomic E-state index is -1.20. The average Bonchev–Trinajstić information content (AvgIpc) is 2.42. The second kappa shape index (κ2) is 7.11. The summed E-state index contributed by atoms with van der Waals surface area (Å²) in [6, 6.07) is 5.58. The molecule has 0 heterocycles. The lowest BCUT2D eigenvalue weighted by Gasteiger charge is -2.22. The van der Waals surface area contributed by atoms with Crippen LogP contribution in [0.1, 0.15) is 32.4 Å². The van der Waals surface area contributed by atoms with Crippen LogP contribution in [-0.4, -0.2) is 16.7 Å². The van der Waals surface area contributed by atoms with E-state index in [4.69, 9.17) is 26.3 Å². The fourth-order valence-electron chi connectivity index (χ4n) is 1.60. The number of ether oxygens (including phenoxy) is 2. The van der Waals surface area contributed by atoms with Gasteiger partial charge in [0.25, 0.3) is 5.69 Å². The quantitative estimate of drug-likeness (QED) is 0.350. The van der Waals surface area contributed by atoms with Crippen LogP contribution in [0, 0.1) is 21.4 Å². The van der Waals surface area contributed by atoms with Crippen LogP contribution < -0.4 is 0 Å². The molecule has 8 heteroatoms. The minimum Gasteiger partial charge on any atom is -0.429 e. The molecule has 0 spiro atoms. The van der Waals surface area contributed by atoms with E-state index in [2.05, 4.69) is 6.58 Å². The van der Waals surface area contributed by atoms with E-state index in [9.17, 15) is 14.9 Å². The third-order valence-corrected chi connectivity index (χ3v) is 2.85. The zero-order valence-electron chi connectivity index (χ0n) is 12.8. The smallest absolute Gasteiger partial charge is 0.429 e. The Bertz CT molecular complexity index is 688. The monoisotopic (exact) mass is 338 g/mol. The van der Waals surface area contributed by atoms with Crippen LogP contribution in [0.2, 0.25) is 5.02 Å². The van der Waals surface area contributed by atoms with Crippen molar-refractivity contribution in [2.75, 3.05) is 0 Å². The van der Waals surface area contributed by atoms with E-state index < -0.39 is 22.8 Å². The van der Waals surface area contributed by atoms with E-state index in [1.54, 1.807) is 26.8 Å². The Hall–Kier alpha value is -2.59. The highest BCUT2D eigenvalue weighted by atomic mass is 35.5. The first-order valence-corrected chi connectivity index (χ1v) is 6.85. The first kappa shape index (κ1) is 18.5. The Morgan fingerprint density at radius 2 is 2.09 bits per heavy atom. The molecule has 1 rings (SSSR count). The molecule has 1 unspecified atom stereocenters. The number of rotatable bonds is 4. The van der Waals surface area contributed by atoms with Gasteiger partial charge in [0.05, 0.1) is 16.6 Å². The van der Waals surface area contributed by atoms with Crippen molar-refractivity contribution >= 4 is 23.4 Å². The van der Waals surface area contributed by atoms with Gasteiger partial charge in [0.1, 0.15) is 10.6 Å². The topological polar surface area (TPSA) is 102 Å². The molecule has 0 N–H and O–H groups in total. The molecule has 7 nitrogen and oxygen atoms in total. The van der Waals surface area contributed by atoms with Gasteiger partial charge in [-0.2, -0.15) is 5.26 Å². The summed E-state index contributed by atoms with van der Waals surface area (Å²) < 4.78 is 10.1. The van der Waals surface area contributed by atoms with Crippen molar-refractivity contribution in [3.8, 4) is 6.07 Å². The van der Waals surface area contributed by atoms with Gasteiger partial charge in [0, 0.05) is 11.6 Å². The Morgan fingerprint density at radius 1 is 1.48 bits per heavy atom. The molecule has 1 aromatic rings. The van der Waals surface area contributed by atoms with Crippen molar-refractivity contribution < 1.29 is 19.2 Å². The number of hydrogen-bond acceptors (Lipinski definition) is 6. The second-order valence-electron chi connectivity index (χ2n) is 5.57. The fraction of sp³-hybridized carbons (Fsp3) is 0.333. The van der Waals surface area contributed by atoms with Crippen molar-refractivity contribution in [2.45, 2.75) is 32.5 Å². The number of nitriles is 1. The molecule has 0 saturated heterocycles. The second-order valence-corrected chi connectivity index (χ2v) is 5.97. The molecular weight excluding hydrogens is 324 g/mol. The first-order chi connectivity index (χ1) is 10.5. The number of carbonyl (C=O) groups excluding carboxylic acids is 1. The Balaban J connectivity index is 3.16. The van der Waals surface area contributed by atoms with Gasteiger partial charge in [-0.25, -0.2) is 4.79 Å². The van der Waals surface area contributed by atoms with E-state index in [1.807, 2.05) is 0 Å². The summed E-state index contributed by atoms with van der Waals surface area (Å²) in [6.07, 6.45) is -2.22. The van der Waals surface area contributed by atoms with E-state index >= 15 is 0 Å². The lowest BCUT2D eigenvalue weighted by Crippen LogP contribution is -2.26. The zero-order valence-corrected chi connectivity index (χ0v) is 13.6. The summed E-state index contributed by atoms with van der Waals surface area (Å²) in [5, 5.41) is 19.9. The number of nitro groups is 1. The molecule has 0 saturated carbocycles. The predicted molar refractivity (Wildman–Crippen MR) is 82.9 cm³/mol. The summed E-state index contributed by atoms with van der Waals surface area (Å²) in [5.41, 5.74) is -1.07. The molecule has 0 fully saturated rings. The third-order valence-electron chi connectivity index (χ3n) is 2.53. The van der Waals surface area contributed by atoms with Gasteiger partial charge in [-0.1, -0.05) is 24.2 Å². The normalized spacial score (nSPS) is 12.0. The molecule has 0 amide bonds. The van der Waals surface area contributed by atoms with Gasteiger partial charge < -0.3 is 9.47 Å². The zero-order chi connectivity index (χ0) is 17.8. The largest absolute Gasteiger partial charge is 0.509 e. The summed E-state index contributed by atoms with van der Waals surface area (Å²) in [6.45, 7) is 8.44. The molecule has 23 heavy (non-hydrogen) atoms. The maximum Gasteiger partial charge on any atom is 0.509 e. The summed E-state index contributed by atoms with van der Waals surface area (Å²) in [5.74, 6) is 0. The van der Waals surface area contributed by atoms with Gasteiger partial charge in [-0.15, -0.1) is 0 Å². The number of nitro benzene ring substituents is 1. The van der Waals surface area contributed by atoms with Crippen LogP contribution >= 0.6 is 11.6 Å². The van der Waals surface area contributed by atoms with Crippen LogP contribution in [0.5, 0.6) is 0 Å². The molecule has 0 radical (unpaired) electrons. The van der Waals surface area contributed by atoms with E-state index in [0.29, 0.717) is 0 Å². The highest BCUT2D eigenvalue weighted by Crippen LogP contribution is 2.32. The number of halogens is 1. The highest BCUT2D eigenvalue weighted by molar-refractivity contribution is 6.32. The summed E-state index contributed by atoms with van der Waals surface area (Å²) >= 11 is 5.74. The number of benzene rings is 1. The molecule has 1 aromatic carbocycles. The predicted octanol–water partition coefficient (Wildman–Crippen LogP) is 4.32. The summed E-state index contributed by atoms with van der Waals surface area (Å²) in [7, 11) is 0. The first-order valence-electron chi connectivity index (χ1n) is 6.47. The Morgan fingerprint density at radius 3 is 2.57 bits per heavy atom. The number of carbonyl (C=O) groups is 1. The Labute approximate surface area is 138 Å². The summed E-state index contributed by atoms with van der Waals surface area (Å²) in [4.78, 5) is 22.1. The molecule has 0 aromatic heterocycles. The average molecular weight is 339 g/mol.